The van der Waals surface area contributed by atoms with Crippen molar-refractivity contribution < 1.29 is 4.39 Å². The summed E-state index contributed by atoms with van der Waals surface area (Å²) >= 11 is 0. The van der Waals surface area contributed by atoms with Gasteiger partial charge in [0.2, 0.25) is 0 Å². The summed E-state index contributed by atoms with van der Waals surface area (Å²) in [5.74, 6) is 0.631. The van der Waals surface area contributed by atoms with E-state index in [2.05, 4.69) is 19.9 Å². The number of rotatable bonds is 2. The Kier molecular flexibility index (Phi) is 3.36. The summed E-state index contributed by atoms with van der Waals surface area (Å²) in [6.07, 6.45) is 0. The van der Waals surface area contributed by atoms with E-state index in [4.69, 9.17) is 0 Å². The Labute approximate surface area is 86.9 Å². The average Bonchev–Trinajstić information content (AvgIpc) is 2.08. The molecular formula is C12H18BF. The number of halogens is 1. The summed E-state index contributed by atoms with van der Waals surface area (Å²) in [5.41, 5.74) is 2.75. The standard InChI is InChI=1S/C12H18BF/c1-7(2)9-5-6-10(8(3)4)12(14)11(9)13/h5-8H,13H2,1-4H3. The summed E-state index contributed by atoms with van der Waals surface area (Å²) in [5, 5.41) is 0. The molecule has 0 amide bonds. The van der Waals surface area contributed by atoms with Gasteiger partial charge in [-0.1, -0.05) is 45.3 Å². The molecule has 0 radical (unpaired) electrons. The molecule has 1 aromatic carbocycles. The first-order chi connectivity index (χ1) is 6.45. The molecule has 0 spiro atoms. The van der Waals surface area contributed by atoms with Gasteiger partial charge in [0.1, 0.15) is 13.7 Å². The third-order valence-corrected chi connectivity index (χ3v) is 2.70. The molecule has 2 heteroatoms. The molecule has 0 N–H and O–H groups in total. The lowest BCUT2D eigenvalue weighted by molar-refractivity contribution is 0.603. The summed E-state index contributed by atoms with van der Waals surface area (Å²) in [6, 6.07) is 3.97. The molecule has 0 nitrogen and oxygen atoms in total. The van der Waals surface area contributed by atoms with E-state index in [-0.39, 0.29) is 11.7 Å². The number of hydrogen-bond donors (Lipinski definition) is 0. The van der Waals surface area contributed by atoms with Gasteiger partial charge in [0.25, 0.3) is 0 Å². The van der Waals surface area contributed by atoms with E-state index in [0.29, 0.717) is 5.92 Å². The number of hydrogen-bond acceptors (Lipinski definition) is 0. The maximum absolute atomic E-state index is 13.9. The van der Waals surface area contributed by atoms with E-state index < -0.39 is 0 Å². The van der Waals surface area contributed by atoms with Crippen molar-refractivity contribution in [3.63, 3.8) is 0 Å². The summed E-state index contributed by atoms with van der Waals surface area (Å²) in [6.45, 7) is 8.23. The first-order valence-electron chi connectivity index (χ1n) is 5.24. The van der Waals surface area contributed by atoms with Crippen molar-refractivity contribution in [3.05, 3.63) is 29.1 Å². The third-order valence-electron chi connectivity index (χ3n) is 2.70. The summed E-state index contributed by atoms with van der Waals surface area (Å²) in [7, 11) is 1.87. The fourth-order valence-electron chi connectivity index (χ4n) is 1.79. The van der Waals surface area contributed by atoms with Crippen LogP contribution in [0, 0.1) is 5.82 Å². The van der Waals surface area contributed by atoms with Crippen LogP contribution in [0.5, 0.6) is 0 Å². The molecule has 0 saturated heterocycles. The Morgan fingerprint density at radius 3 is 1.86 bits per heavy atom. The van der Waals surface area contributed by atoms with Gasteiger partial charge in [0, 0.05) is 0 Å². The predicted molar refractivity (Wildman–Crippen MR) is 62.8 cm³/mol. The lowest BCUT2D eigenvalue weighted by Gasteiger charge is -2.15. The van der Waals surface area contributed by atoms with Crippen LogP contribution in [0.25, 0.3) is 0 Å². The summed E-state index contributed by atoms with van der Waals surface area (Å²) in [4.78, 5) is 0. The van der Waals surface area contributed by atoms with Crippen LogP contribution in [0.15, 0.2) is 12.1 Å². The van der Waals surface area contributed by atoms with Crippen molar-refractivity contribution in [3.8, 4) is 0 Å². The molecular weight excluding hydrogens is 174 g/mol. The normalized spacial score (nSPS) is 11.4. The quantitative estimate of drug-likeness (QED) is 0.631. The Balaban J connectivity index is 3.26. The minimum Gasteiger partial charge on any atom is -0.207 e. The van der Waals surface area contributed by atoms with Crippen LogP contribution < -0.4 is 5.46 Å². The molecule has 0 atom stereocenters. The zero-order valence-electron chi connectivity index (χ0n) is 9.69. The maximum atomic E-state index is 13.9. The van der Waals surface area contributed by atoms with Crippen LogP contribution >= 0.6 is 0 Å². The smallest absolute Gasteiger partial charge is 0.143 e. The lowest BCUT2D eigenvalue weighted by Crippen LogP contribution is -2.19. The first kappa shape index (κ1) is 11.3. The van der Waals surface area contributed by atoms with E-state index in [1.54, 1.807) is 0 Å². The molecule has 76 valence electrons. The van der Waals surface area contributed by atoms with Gasteiger partial charge in [-0.05, 0) is 23.0 Å². The zero-order valence-corrected chi connectivity index (χ0v) is 9.69. The largest absolute Gasteiger partial charge is 0.207 e. The van der Waals surface area contributed by atoms with E-state index in [0.717, 1.165) is 16.6 Å². The van der Waals surface area contributed by atoms with Gasteiger partial charge in [-0.15, -0.1) is 0 Å². The van der Waals surface area contributed by atoms with Crippen molar-refractivity contribution >= 4 is 13.3 Å². The fraction of sp³-hybridized carbons (Fsp3) is 0.500. The second-order valence-corrected chi connectivity index (χ2v) is 4.49. The second-order valence-electron chi connectivity index (χ2n) is 4.49. The van der Waals surface area contributed by atoms with E-state index in [9.17, 15) is 4.39 Å². The maximum Gasteiger partial charge on any atom is 0.143 e. The molecule has 0 aliphatic rings. The van der Waals surface area contributed by atoms with E-state index in [1.165, 1.54) is 0 Å². The molecule has 0 unspecified atom stereocenters. The van der Waals surface area contributed by atoms with Crippen LogP contribution in [-0.4, -0.2) is 7.85 Å². The Bertz CT molecular complexity index is 296. The Hall–Kier alpha value is -0.785. The molecule has 1 aromatic rings. The van der Waals surface area contributed by atoms with Gasteiger partial charge in [0.15, 0.2) is 0 Å². The van der Waals surface area contributed by atoms with Crippen molar-refractivity contribution in [1.29, 1.82) is 0 Å². The van der Waals surface area contributed by atoms with Crippen molar-refractivity contribution in [2.24, 2.45) is 0 Å². The van der Waals surface area contributed by atoms with Crippen LogP contribution in [0.1, 0.15) is 50.7 Å². The van der Waals surface area contributed by atoms with Crippen LogP contribution in [0.4, 0.5) is 4.39 Å². The zero-order chi connectivity index (χ0) is 10.9. The molecule has 1 rings (SSSR count). The first-order valence-corrected chi connectivity index (χ1v) is 5.24. The van der Waals surface area contributed by atoms with Crippen molar-refractivity contribution in [2.45, 2.75) is 39.5 Å². The lowest BCUT2D eigenvalue weighted by atomic mass is 9.82. The fourth-order valence-corrected chi connectivity index (χ4v) is 1.79. The average molecular weight is 192 g/mol. The molecule has 0 saturated carbocycles. The van der Waals surface area contributed by atoms with Crippen molar-refractivity contribution in [2.75, 3.05) is 0 Å². The van der Waals surface area contributed by atoms with Crippen LogP contribution in [0.2, 0.25) is 0 Å². The third kappa shape index (κ3) is 2.00. The highest BCUT2D eigenvalue weighted by atomic mass is 19.1. The minimum absolute atomic E-state index is 0.0220. The second kappa shape index (κ2) is 4.16. The minimum atomic E-state index is -0.0220. The molecule has 14 heavy (non-hydrogen) atoms. The predicted octanol–water partition coefficient (Wildman–Crippen LogP) is 2.33. The number of benzene rings is 1. The topological polar surface area (TPSA) is 0 Å². The Morgan fingerprint density at radius 2 is 1.43 bits per heavy atom. The van der Waals surface area contributed by atoms with E-state index >= 15 is 0 Å². The van der Waals surface area contributed by atoms with Gasteiger partial charge in [-0.25, -0.2) is 4.39 Å². The van der Waals surface area contributed by atoms with Gasteiger partial charge < -0.3 is 0 Å². The molecule has 0 bridgehead atoms. The van der Waals surface area contributed by atoms with Gasteiger partial charge >= 0.3 is 0 Å². The highest BCUT2D eigenvalue weighted by Gasteiger charge is 2.13. The molecule has 0 heterocycles. The van der Waals surface area contributed by atoms with Crippen molar-refractivity contribution in [1.82, 2.24) is 0 Å². The summed E-state index contributed by atoms with van der Waals surface area (Å²) < 4.78 is 13.9. The van der Waals surface area contributed by atoms with Gasteiger partial charge in [0.05, 0.1) is 0 Å². The van der Waals surface area contributed by atoms with Gasteiger partial charge in [-0.2, -0.15) is 0 Å². The SMILES string of the molecule is Bc1c(C(C)C)ccc(C(C)C)c1F. The molecule has 0 aromatic heterocycles. The molecule has 0 aliphatic heterocycles. The molecule has 0 aliphatic carbocycles. The monoisotopic (exact) mass is 192 g/mol. The van der Waals surface area contributed by atoms with Crippen LogP contribution in [0.3, 0.4) is 0 Å². The highest BCUT2D eigenvalue weighted by Crippen LogP contribution is 2.20. The van der Waals surface area contributed by atoms with E-state index in [1.807, 2.05) is 27.8 Å². The van der Waals surface area contributed by atoms with Gasteiger partial charge in [-0.3, -0.25) is 0 Å². The Morgan fingerprint density at radius 1 is 1.00 bits per heavy atom. The van der Waals surface area contributed by atoms with Crippen LogP contribution in [-0.2, 0) is 0 Å². The highest BCUT2D eigenvalue weighted by molar-refractivity contribution is 6.33. The molecule has 0 fully saturated rings.